The number of hydrogen-bond donors (Lipinski definition) is 1. The highest BCUT2D eigenvalue weighted by molar-refractivity contribution is 9.10. The van der Waals surface area contributed by atoms with Gasteiger partial charge in [-0.25, -0.2) is 0 Å². The lowest BCUT2D eigenvalue weighted by Crippen LogP contribution is -2.32. The first-order chi connectivity index (χ1) is 7.54. The van der Waals surface area contributed by atoms with Crippen LogP contribution in [0.15, 0.2) is 22.7 Å². The molecule has 4 heteroatoms. The number of nitrogens with zero attached hydrogens (tertiary/aromatic N) is 1. The average molecular weight is 287 g/mol. The Hall–Kier alpha value is -0.580. The number of hydrogen-bond acceptors (Lipinski definition) is 3. The van der Waals surface area contributed by atoms with E-state index < -0.39 is 0 Å². The molecule has 0 saturated heterocycles. The van der Waals surface area contributed by atoms with Crippen molar-refractivity contribution in [3.8, 4) is 0 Å². The van der Waals surface area contributed by atoms with Crippen molar-refractivity contribution in [2.24, 2.45) is 0 Å². The van der Waals surface area contributed by atoms with Gasteiger partial charge in [0.25, 0.3) is 0 Å². The molecule has 1 atom stereocenters. The van der Waals surface area contributed by atoms with Crippen LogP contribution in [-0.4, -0.2) is 31.7 Å². The van der Waals surface area contributed by atoms with Crippen molar-refractivity contribution >= 4 is 21.6 Å². The number of benzene rings is 1. The summed E-state index contributed by atoms with van der Waals surface area (Å²) in [6.45, 7) is 3.77. The van der Waals surface area contributed by atoms with Crippen LogP contribution in [-0.2, 0) is 11.3 Å². The second-order valence-electron chi connectivity index (χ2n) is 4.07. The molecule has 0 amide bonds. The monoisotopic (exact) mass is 286 g/mol. The van der Waals surface area contributed by atoms with Gasteiger partial charge in [-0.1, -0.05) is 22.0 Å². The Morgan fingerprint density at radius 1 is 1.50 bits per heavy atom. The van der Waals surface area contributed by atoms with E-state index >= 15 is 0 Å². The predicted octanol–water partition coefficient (Wildman–Crippen LogP) is 2.50. The Morgan fingerprint density at radius 3 is 2.75 bits per heavy atom. The van der Waals surface area contributed by atoms with E-state index in [4.69, 9.17) is 10.5 Å². The third-order valence-corrected chi connectivity index (χ3v) is 3.40. The minimum absolute atomic E-state index is 0.398. The number of nitrogen functional groups attached to an aromatic ring is 1. The second kappa shape index (κ2) is 6.23. The van der Waals surface area contributed by atoms with Gasteiger partial charge in [0.1, 0.15) is 0 Å². The van der Waals surface area contributed by atoms with Gasteiger partial charge in [-0.3, -0.25) is 4.90 Å². The summed E-state index contributed by atoms with van der Waals surface area (Å²) in [5.74, 6) is 0. The molecule has 0 bridgehead atoms. The van der Waals surface area contributed by atoms with Crippen LogP contribution >= 0.6 is 15.9 Å². The first-order valence-electron chi connectivity index (χ1n) is 5.27. The molecule has 0 fully saturated rings. The summed E-state index contributed by atoms with van der Waals surface area (Å²) >= 11 is 3.53. The maximum absolute atomic E-state index is 5.70. The Kier molecular flexibility index (Phi) is 5.25. The van der Waals surface area contributed by atoms with E-state index in [1.165, 1.54) is 5.56 Å². The van der Waals surface area contributed by atoms with Gasteiger partial charge in [0.05, 0.1) is 6.61 Å². The van der Waals surface area contributed by atoms with E-state index in [-0.39, 0.29) is 0 Å². The number of likely N-dealkylation sites (N-methyl/N-ethyl adjacent to an activating group) is 1. The molecule has 0 saturated carbocycles. The van der Waals surface area contributed by atoms with Crippen LogP contribution < -0.4 is 5.73 Å². The fourth-order valence-corrected chi connectivity index (χ4v) is 2.01. The summed E-state index contributed by atoms with van der Waals surface area (Å²) in [6, 6.07) is 6.31. The van der Waals surface area contributed by atoms with Crippen LogP contribution in [0.5, 0.6) is 0 Å². The fraction of sp³-hybridized carbons (Fsp3) is 0.500. The summed E-state index contributed by atoms with van der Waals surface area (Å²) in [5.41, 5.74) is 7.72. The van der Waals surface area contributed by atoms with Gasteiger partial charge in [-0.2, -0.15) is 0 Å². The molecular weight excluding hydrogens is 268 g/mol. The largest absolute Gasteiger partial charge is 0.399 e. The molecule has 16 heavy (non-hydrogen) atoms. The van der Waals surface area contributed by atoms with Crippen molar-refractivity contribution < 1.29 is 4.74 Å². The molecular formula is C12H19BrN2O. The Bertz CT molecular complexity index is 344. The highest BCUT2D eigenvalue weighted by Crippen LogP contribution is 2.21. The molecule has 90 valence electrons. The molecule has 0 radical (unpaired) electrons. The molecule has 1 unspecified atom stereocenters. The zero-order valence-electron chi connectivity index (χ0n) is 10.0. The molecule has 0 heterocycles. The zero-order chi connectivity index (χ0) is 12.1. The number of ether oxygens (including phenoxy) is 1. The first kappa shape index (κ1) is 13.5. The number of halogens is 1. The van der Waals surface area contributed by atoms with Crippen molar-refractivity contribution in [2.75, 3.05) is 26.5 Å². The SMILES string of the molecule is COCC(C)N(C)Cc1ccc(N)cc1Br. The minimum atomic E-state index is 0.398. The van der Waals surface area contributed by atoms with E-state index in [1.807, 2.05) is 12.1 Å². The molecule has 1 aromatic carbocycles. The van der Waals surface area contributed by atoms with Crippen molar-refractivity contribution in [1.82, 2.24) is 4.90 Å². The van der Waals surface area contributed by atoms with Gasteiger partial charge in [0.15, 0.2) is 0 Å². The molecule has 0 aliphatic rings. The van der Waals surface area contributed by atoms with E-state index in [9.17, 15) is 0 Å². The topological polar surface area (TPSA) is 38.5 Å². The van der Waals surface area contributed by atoms with Crippen LogP contribution in [0.3, 0.4) is 0 Å². The third-order valence-electron chi connectivity index (χ3n) is 2.66. The standard InChI is InChI=1S/C12H19BrN2O/c1-9(8-16-3)15(2)7-10-4-5-11(14)6-12(10)13/h4-6,9H,7-8,14H2,1-3H3. The van der Waals surface area contributed by atoms with Gasteiger partial charge in [0.2, 0.25) is 0 Å². The van der Waals surface area contributed by atoms with Crippen LogP contribution in [0.2, 0.25) is 0 Å². The number of anilines is 1. The lowest BCUT2D eigenvalue weighted by Gasteiger charge is -2.24. The Balaban J connectivity index is 2.65. The zero-order valence-corrected chi connectivity index (χ0v) is 11.6. The molecule has 0 aromatic heterocycles. The maximum atomic E-state index is 5.70. The fourth-order valence-electron chi connectivity index (χ4n) is 1.48. The third kappa shape index (κ3) is 3.77. The highest BCUT2D eigenvalue weighted by atomic mass is 79.9. The van der Waals surface area contributed by atoms with Gasteiger partial charge in [-0.05, 0) is 31.7 Å². The van der Waals surface area contributed by atoms with Crippen LogP contribution in [0.25, 0.3) is 0 Å². The van der Waals surface area contributed by atoms with E-state index in [1.54, 1.807) is 7.11 Å². The molecule has 2 N–H and O–H groups in total. The molecule has 0 aliphatic carbocycles. The van der Waals surface area contributed by atoms with Gasteiger partial charge >= 0.3 is 0 Å². The van der Waals surface area contributed by atoms with Crippen molar-refractivity contribution in [3.05, 3.63) is 28.2 Å². The van der Waals surface area contributed by atoms with E-state index in [0.717, 1.165) is 23.3 Å². The number of rotatable bonds is 5. The van der Waals surface area contributed by atoms with Gasteiger partial charge in [-0.15, -0.1) is 0 Å². The van der Waals surface area contributed by atoms with E-state index in [2.05, 4.69) is 40.9 Å². The predicted molar refractivity (Wildman–Crippen MR) is 71.4 cm³/mol. The molecule has 1 aromatic rings. The summed E-state index contributed by atoms with van der Waals surface area (Å²) in [7, 11) is 3.82. The quantitative estimate of drug-likeness (QED) is 0.846. The Morgan fingerprint density at radius 2 is 2.19 bits per heavy atom. The summed E-state index contributed by atoms with van der Waals surface area (Å²) < 4.78 is 6.20. The summed E-state index contributed by atoms with van der Waals surface area (Å²) in [4.78, 5) is 2.25. The van der Waals surface area contributed by atoms with Crippen molar-refractivity contribution in [1.29, 1.82) is 0 Å². The second-order valence-corrected chi connectivity index (χ2v) is 4.92. The lowest BCUT2D eigenvalue weighted by atomic mass is 10.2. The molecule has 3 nitrogen and oxygen atoms in total. The average Bonchev–Trinajstić information content (AvgIpc) is 2.22. The normalized spacial score (nSPS) is 13.1. The Labute approximate surface area is 106 Å². The lowest BCUT2D eigenvalue weighted by molar-refractivity contribution is 0.112. The highest BCUT2D eigenvalue weighted by Gasteiger charge is 2.10. The van der Waals surface area contributed by atoms with Gasteiger partial charge in [0, 0.05) is 29.9 Å². The van der Waals surface area contributed by atoms with Crippen molar-refractivity contribution in [2.45, 2.75) is 19.5 Å². The molecule has 1 rings (SSSR count). The smallest absolute Gasteiger partial charge is 0.0615 e. The minimum Gasteiger partial charge on any atom is -0.399 e. The van der Waals surface area contributed by atoms with Crippen molar-refractivity contribution in [3.63, 3.8) is 0 Å². The van der Waals surface area contributed by atoms with Gasteiger partial charge < -0.3 is 10.5 Å². The summed E-state index contributed by atoms with van der Waals surface area (Å²) in [5, 5.41) is 0. The van der Waals surface area contributed by atoms with Crippen LogP contribution in [0, 0.1) is 0 Å². The molecule has 0 aliphatic heterocycles. The summed E-state index contributed by atoms with van der Waals surface area (Å²) in [6.07, 6.45) is 0. The maximum Gasteiger partial charge on any atom is 0.0615 e. The number of methoxy groups -OCH3 is 1. The van der Waals surface area contributed by atoms with E-state index in [0.29, 0.717) is 6.04 Å². The number of nitrogens with two attached hydrogens (primary N) is 1. The molecule has 0 spiro atoms. The van der Waals surface area contributed by atoms with Crippen LogP contribution in [0.4, 0.5) is 5.69 Å². The van der Waals surface area contributed by atoms with Crippen LogP contribution in [0.1, 0.15) is 12.5 Å². The first-order valence-corrected chi connectivity index (χ1v) is 6.07.